The van der Waals surface area contributed by atoms with E-state index >= 15 is 0 Å². The van der Waals surface area contributed by atoms with Crippen LogP contribution in [0.5, 0.6) is 0 Å². The van der Waals surface area contributed by atoms with Gasteiger partial charge in [0.15, 0.2) is 0 Å². The monoisotopic (exact) mass is 268 g/mol. The second kappa shape index (κ2) is 4.97. The fraction of sp³-hybridized carbons (Fsp3) is 0.333. The zero-order valence-corrected chi connectivity index (χ0v) is 12.7. The summed E-state index contributed by atoms with van der Waals surface area (Å²) in [5.74, 6) is 0.597. The predicted molar refractivity (Wildman–Crippen MR) is 85.8 cm³/mol. The second-order valence-electron chi connectivity index (χ2n) is 5.54. The third-order valence-corrected chi connectivity index (χ3v) is 5.18. The van der Waals surface area contributed by atoms with Crippen LogP contribution >= 0.6 is 11.3 Å². The van der Waals surface area contributed by atoms with Crippen molar-refractivity contribution in [3.8, 4) is 0 Å². The molecule has 0 fully saturated rings. The van der Waals surface area contributed by atoms with E-state index in [0.29, 0.717) is 5.92 Å². The lowest BCUT2D eigenvalue weighted by molar-refractivity contribution is 0.862. The van der Waals surface area contributed by atoms with Crippen molar-refractivity contribution >= 4 is 23.0 Å². The molecule has 1 aliphatic rings. The zero-order valence-electron chi connectivity index (χ0n) is 11.9. The topological polar surface area (TPSA) is 0 Å². The molecule has 3 rings (SSSR count). The van der Waals surface area contributed by atoms with Gasteiger partial charge in [0, 0.05) is 9.75 Å². The molecule has 1 heterocycles. The summed E-state index contributed by atoms with van der Waals surface area (Å²) in [7, 11) is 0. The SMILES string of the molecule is CCc1ccc(C2=Cc3c(cccc3C(C)C)C2)s1. The van der Waals surface area contributed by atoms with Gasteiger partial charge in [-0.3, -0.25) is 0 Å². The van der Waals surface area contributed by atoms with Gasteiger partial charge >= 0.3 is 0 Å². The van der Waals surface area contributed by atoms with Crippen molar-refractivity contribution in [2.45, 2.75) is 39.5 Å². The normalized spacial score (nSPS) is 13.8. The minimum atomic E-state index is 0.597. The summed E-state index contributed by atoms with van der Waals surface area (Å²) in [6, 6.07) is 11.3. The van der Waals surface area contributed by atoms with Gasteiger partial charge in [-0.05, 0) is 59.2 Å². The van der Waals surface area contributed by atoms with Crippen LogP contribution in [0.4, 0.5) is 0 Å². The van der Waals surface area contributed by atoms with Gasteiger partial charge < -0.3 is 0 Å². The van der Waals surface area contributed by atoms with E-state index in [9.17, 15) is 0 Å². The van der Waals surface area contributed by atoms with Crippen molar-refractivity contribution in [2.24, 2.45) is 0 Å². The molecule has 2 aromatic rings. The average Bonchev–Trinajstić information content (AvgIpc) is 3.03. The zero-order chi connectivity index (χ0) is 13.4. The van der Waals surface area contributed by atoms with Crippen LogP contribution in [0.2, 0.25) is 0 Å². The molecule has 1 aromatic heterocycles. The first-order valence-corrected chi connectivity index (χ1v) is 7.92. The Hall–Kier alpha value is -1.34. The third-order valence-electron chi connectivity index (χ3n) is 3.88. The van der Waals surface area contributed by atoms with Crippen LogP contribution in [0.3, 0.4) is 0 Å². The standard InChI is InChI=1S/C18H20S/c1-4-15-8-9-18(19-15)14-10-13-6-5-7-16(12(2)3)17(13)11-14/h5-9,11-12H,4,10H2,1-3H3. The molecule has 0 bridgehead atoms. The highest BCUT2D eigenvalue weighted by atomic mass is 32.1. The van der Waals surface area contributed by atoms with E-state index in [-0.39, 0.29) is 0 Å². The van der Waals surface area contributed by atoms with Gasteiger partial charge in [0.1, 0.15) is 0 Å². The number of hydrogen-bond donors (Lipinski definition) is 0. The van der Waals surface area contributed by atoms with Gasteiger partial charge in [0.05, 0.1) is 0 Å². The van der Waals surface area contributed by atoms with Crippen molar-refractivity contribution in [3.05, 3.63) is 56.8 Å². The fourth-order valence-electron chi connectivity index (χ4n) is 2.80. The van der Waals surface area contributed by atoms with Crippen molar-refractivity contribution in [2.75, 3.05) is 0 Å². The third kappa shape index (κ3) is 2.28. The maximum absolute atomic E-state index is 2.41. The predicted octanol–water partition coefficient (Wildman–Crippen LogP) is 5.53. The van der Waals surface area contributed by atoms with Gasteiger partial charge in [-0.1, -0.05) is 39.0 Å². The van der Waals surface area contributed by atoms with Crippen molar-refractivity contribution < 1.29 is 0 Å². The Morgan fingerprint density at radius 1 is 1.16 bits per heavy atom. The molecule has 1 aromatic carbocycles. The number of allylic oxidation sites excluding steroid dienone is 1. The molecule has 0 radical (unpaired) electrons. The van der Waals surface area contributed by atoms with Gasteiger partial charge in [-0.2, -0.15) is 0 Å². The molecule has 1 heteroatoms. The molecule has 0 spiro atoms. The van der Waals surface area contributed by atoms with E-state index in [1.165, 1.54) is 32.0 Å². The van der Waals surface area contributed by atoms with Gasteiger partial charge in [0.2, 0.25) is 0 Å². The van der Waals surface area contributed by atoms with E-state index in [0.717, 1.165) is 12.8 Å². The summed E-state index contributed by atoms with van der Waals surface area (Å²) >= 11 is 1.95. The highest BCUT2D eigenvalue weighted by molar-refractivity contribution is 7.13. The Bertz CT molecular complexity index is 629. The largest absolute Gasteiger partial charge is 0.141 e. The molecule has 0 nitrogen and oxygen atoms in total. The van der Waals surface area contributed by atoms with Crippen LogP contribution in [0.15, 0.2) is 30.3 Å². The number of hydrogen-bond acceptors (Lipinski definition) is 1. The van der Waals surface area contributed by atoms with Crippen LogP contribution in [0.1, 0.15) is 53.1 Å². The van der Waals surface area contributed by atoms with Crippen LogP contribution in [-0.2, 0) is 12.8 Å². The molecule has 0 saturated heterocycles. The Kier molecular flexibility index (Phi) is 3.32. The molecule has 0 amide bonds. The van der Waals surface area contributed by atoms with Crippen LogP contribution in [0.25, 0.3) is 11.6 Å². The summed E-state index contributed by atoms with van der Waals surface area (Å²) < 4.78 is 0. The Balaban J connectivity index is 2.00. The first kappa shape index (κ1) is 12.7. The lowest BCUT2D eigenvalue weighted by Gasteiger charge is -2.10. The van der Waals surface area contributed by atoms with Crippen molar-refractivity contribution in [3.63, 3.8) is 0 Å². The van der Waals surface area contributed by atoms with Crippen LogP contribution in [-0.4, -0.2) is 0 Å². The maximum Gasteiger partial charge on any atom is 0.0308 e. The van der Waals surface area contributed by atoms with Crippen LogP contribution < -0.4 is 0 Å². The molecule has 1 aliphatic carbocycles. The number of thiophene rings is 1. The molecule has 0 atom stereocenters. The molecule has 0 unspecified atom stereocenters. The lowest BCUT2D eigenvalue weighted by atomic mass is 9.95. The smallest absolute Gasteiger partial charge is 0.0308 e. The summed E-state index contributed by atoms with van der Waals surface area (Å²) in [6.07, 6.45) is 4.65. The minimum Gasteiger partial charge on any atom is -0.141 e. The Labute approximate surface area is 119 Å². The van der Waals surface area contributed by atoms with Gasteiger partial charge in [-0.15, -0.1) is 11.3 Å². The summed E-state index contributed by atoms with van der Waals surface area (Å²) in [4.78, 5) is 2.93. The summed E-state index contributed by atoms with van der Waals surface area (Å²) in [5.41, 5.74) is 5.94. The maximum atomic E-state index is 2.41. The highest BCUT2D eigenvalue weighted by Gasteiger charge is 2.18. The van der Waals surface area contributed by atoms with E-state index in [1.807, 2.05) is 11.3 Å². The Morgan fingerprint density at radius 3 is 2.68 bits per heavy atom. The van der Waals surface area contributed by atoms with E-state index < -0.39 is 0 Å². The molecule has 0 aliphatic heterocycles. The number of benzene rings is 1. The quantitative estimate of drug-likeness (QED) is 0.686. The number of fused-ring (bicyclic) bond motifs is 1. The van der Waals surface area contributed by atoms with Crippen LogP contribution in [0, 0.1) is 0 Å². The minimum absolute atomic E-state index is 0.597. The van der Waals surface area contributed by atoms with Gasteiger partial charge in [-0.25, -0.2) is 0 Å². The second-order valence-corrected chi connectivity index (χ2v) is 6.71. The first-order chi connectivity index (χ1) is 9.19. The van der Waals surface area contributed by atoms with Crippen molar-refractivity contribution in [1.29, 1.82) is 0 Å². The van der Waals surface area contributed by atoms with Crippen molar-refractivity contribution in [1.82, 2.24) is 0 Å². The van der Waals surface area contributed by atoms with E-state index in [4.69, 9.17) is 0 Å². The van der Waals surface area contributed by atoms with E-state index in [2.05, 4.69) is 57.2 Å². The summed E-state index contributed by atoms with van der Waals surface area (Å²) in [5, 5.41) is 0. The molecule has 0 saturated carbocycles. The molecular formula is C18H20S. The number of aryl methyl sites for hydroxylation is 1. The summed E-state index contributed by atoms with van der Waals surface area (Å²) in [6.45, 7) is 6.79. The lowest BCUT2D eigenvalue weighted by Crippen LogP contribution is -1.93. The molecule has 19 heavy (non-hydrogen) atoms. The van der Waals surface area contributed by atoms with Gasteiger partial charge in [0.25, 0.3) is 0 Å². The number of rotatable bonds is 3. The average molecular weight is 268 g/mol. The highest BCUT2D eigenvalue weighted by Crippen LogP contribution is 2.38. The Morgan fingerprint density at radius 2 is 2.00 bits per heavy atom. The molecule has 0 N–H and O–H groups in total. The molecule has 98 valence electrons. The van der Waals surface area contributed by atoms with E-state index in [1.54, 1.807) is 0 Å². The first-order valence-electron chi connectivity index (χ1n) is 7.10. The molecular weight excluding hydrogens is 248 g/mol. The fourth-order valence-corrected chi connectivity index (χ4v) is 3.76.